The Labute approximate surface area is 81.5 Å². The molecule has 3 heterocycles. The first-order valence-electron chi connectivity index (χ1n) is 4.70. The highest BCUT2D eigenvalue weighted by Crippen LogP contribution is 2.38. The smallest absolute Gasteiger partial charge is 0.220 e. The number of hydrogen-bond acceptors (Lipinski definition) is 3. The van der Waals surface area contributed by atoms with E-state index in [-0.39, 0.29) is 5.60 Å². The van der Waals surface area contributed by atoms with Crippen LogP contribution in [0.25, 0.3) is 0 Å². The second-order valence-electron chi connectivity index (χ2n) is 4.23. The molecule has 1 aromatic heterocycles. The summed E-state index contributed by atoms with van der Waals surface area (Å²) in [6.07, 6.45) is 0.861. The van der Waals surface area contributed by atoms with Crippen LogP contribution in [0.1, 0.15) is 5.56 Å². The molecule has 0 amide bonds. The van der Waals surface area contributed by atoms with E-state index in [0.717, 1.165) is 25.1 Å². The van der Waals surface area contributed by atoms with E-state index < -0.39 is 5.95 Å². The van der Waals surface area contributed by atoms with Crippen LogP contribution in [0.15, 0.2) is 12.1 Å². The van der Waals surface area contributed by atoms with Crippen molar-refractivity contribution in [3.05, 3.63) is 23.6 Å². The van der Waals surface area contributed by atoms with Crippen molar-refractivity contribution in [3.63, 3.8) is 0 Å². The van der Waals surface area contributed by atoms with Gasteiger partial charge in [0.25, 0.3) is 0 Å². The summed E-state index contributed by atoms with van der Waals surface area (Å²) < 4.78 is 18.5. The summed E-state index contributed by atoms with van der Waals surface area (Å²) in [4.78, 5) is 5.93. The summed E-state index contributed by atoms with van der Waals surface area (Å²) in [5, 5.41) is 0. The molecule has 0 saturated carbocycles. The first-order chi connectivity index (χ1) is 6.67. The molecule has 0 bridgehead atoms. The van der Waals surface area contributed by atoms with Crippen molar-refractivity contribution in [2.45, 2.75) is 12.0 Å². The van der Waals surface area contributed by atoms with Crippen molar-refractivity contribution in [2.75, 3.05) is 20.1 Å². The Morgan fingerprint density at radius 3 is 3.00 bits per heavy atom. The predicted molar refractivity (Wildman–Crippen MR) is 48.8 cm³/mol. The highest BCUT2D eigenvalue weighted by molar-refractivity contribution is 5.34. The van der Waals surface area contributed by atoms with Gasteiger partial charge in [-0.25, -0.2) is 0 Å². The Bertz CT molecular complexity index is 388. The molecule has 0 unspecified atom stereocenters. The fourth-order valence-electron chi connectivity index (χ4n) is 2.37. The van der Waals surface area contributed by atoms with Crippen LogP contribution in [0, 0.1) is 5.95 Å². The maximum absolute atomic E-state index is 12.8. The van der Waals surface area contributed by atoms with Gasteiger partial charge in [-0.1, -0.05) is 0 Å². The molecule has 3 nitrogen and oxygen atoms in total. The first-order valence-corrected chi connectivity index (χ1v) is 4.70. The van der Waals surface area contributed by atoms with E-state index >= 15 is 0 Å². The molecule has 74 valence electrons. The molecule has 2 aliphatic rings. The minimum atomic E-state index is -0.464. The van der Waals surface area contributed by atoms with Gasteiger partial charge in [0.15, 0.2) is 0 Å². The molecule has 0 atom stereocenters. The summed E-state index contributed by atoms with van der Waals surface area (Å²) in [7, 11) is 2.05. The molecule has 3 rings (SSSR count). The highest BCUT2D eigenvalue weighted by Gasteiger charge is 2.48. The molecule has 4 heteroatoms. The number of likely N-dealkylation sites (tertiary alicyclic amines) is 1. The Balaban J connectivity index is 1.91. The molecule has 0 aliphatic carbocycles. The number of ether oxygens (including phenoxy) is 1. The highest BCUT2D eigenvalue weighted by atomic mass is 19.1. The van der Waals surface area contributed by atoms with E-state index in [2.05, 4.69) is 9.88 Å². The Morgan fingerprint density at radius 2 is 2.29 bits per heavy atom. The monoisotopic (exact) mass is 194 g/mol. The molecular weight excluding hydrogens is 183 g/mol. The van der Waals surface area contributed by atoms with Gasteiger partial charge in [0, 0.05) is 25.1 Å². The van der Waals surface area contributed by atoms with Crippen molar-refractivity contribution in [1.82, 2.24) is 9.88 Å². The van der Waals surface area contributed by atoms with Crippen LogP contribution in [0.4, 0.5) is 4.39 Å². The van der Waals surface area contributed by atoms with Crippen LogP contribution in [0.5, 0.6) is 5.88 Å². The van der Waals surface area contributed by atoms with E-state index in [1.807, 2.05) is 7.05 Å². The van der Waals surface area contributed by atoms with Gasteiger partial charge in [-0.2, -0.15) is 9.37 Å². The third-order valence-electron chi connectivity index (χ3n) is 2.85. The zero-order valence-corrected chi connectivity index (χ0v) is 7.96. The number of likely N-dealkylation sites (N-methyl/N-ethyl adjacent to an activating group) is 1. The predicted octanol–water partition coefficient (Wildman–Crippen LogP) is 0.840. The zero-order valence-electron chi connectivity index (χ0n) is 7.96. The zero-order chi connectivity index (χ0) is 9.76. The van der Waals surface area contributed by atoms with E-state index in [4.69, 9.17) is 4.74 Å². The van der Waals surface area contributed by atoms with E-state index in [9.17, 15) is 4.39 Å². The first kappa shape index (κ1) is 8.17. The van der Waals surface area contributed by atoms with Crippen molar-refractivity contribution in [1.29, 1.82) is 0 Å². The van der Waals surface area contributed by atoms with Crippen LogP contribution < -0.4 is 4.74 Å². The van der Waals surface area contributed by atoms with Gasteiger partial charge in [0.05, 0.1) is 0 Å². The normalized spacial score (nSPS) is 23.0. The Morgan fingerprint density at radius 1 is 1.50 bits per heavy atom. The lowest BCUT2D eigenvalue weighted by molar-refractivity contribution is -0.0505. The number of rotatable bonds is 0. The fourth-order valence-corrected chi connectivity index (χ4v) is 2.37. The molecule has 1 fully saturated rings. The van der Waals surface area contributed by atoms with Crippen LogP contribution in [0.3, 0.4) is 0 Å². The second kappa shape index (κ2) is 2.45. The molecule has 0 aromatic carbocycles. The standard InChI is InChI=1S/C10H11FN2O/c1-13-5-10(6-13)4-7-2-3-8(11)12-9(7)14-10/h2-3H,4-6H2,1H3. The van der Waals surface area contributed by atoms with Crippen molar-refractivity contribution in [3.8, 4) is 5.88 Å². The minimum Gasteiger partial charge on any atom is -0.468 e. The maximum Gasteiger partial charge on any atom is 0.220 e. The van der Waals surface area contributed by atoms with Gasteiger partial charge in [-0.05, 0) is 19.2 Å². The summed E-state index contributed by atoms with van der Waals surface area (Å²) >= 11 is 0. The summed E-state index contributed by atoms with van der Waals surface area (Å²) in [5.41, 5.74) is 0.914. The fraction of sp³-hybridized carbons (Fsp3) is 0.500. The van der Waals surface area contributed by atoms with Gasteiger partial charge in [0.1, 0.15) is 5.60 Å². The second-order valence-corrected chi connectivity index (χ2v) is 4.23. The lowest BCUT2D eigenvalue weighted by atomic mass is 9.90. The van der Waals surface area contributed by atoms with E-state index in [1.54, 1.807) is 6.07 Å². The van der Waals surface area contributed by atoms with Gasteiger partial charge in [-0.3, -0.25) is 4.90 Å². The molecule has 1 spiro atoms. The summed E-state index contributed by atoms with van der Waals surface area (Å²) in [5.74, 6) is 0.0200. The van der Waals surface area contributed by atoms with E-state index in [0.29, 0.717) is 5.88 Å². The SMILES string of the molecule is CN1CC2(Cc3ccc(F)nc3O2)C1. The quantitative estimate of drug-likeness (QED) is 0.572. The summed E-state index contributed by atoms with van der Waals surface area (Å²) in [6.45, 7) is 1.82. The Kier molecular flexibility index (Phi) is 1.43. The van der Waals surface area contributed by atoms with Crippen molar-refractivity contribution < 1.29 is 9.13 Å². The number of hydrogen-bond donors (Lipinski definition) is 0. The van der Waals surface area contributed by atoms with Gasteiger partial charge in [-0.15, -0.1) is 0 Å². The lowest BCUT2D eigenvalue weighted by Crippen LogP contribution is -2.62. The van der Waals surface area contributed by atoms with Crippen LogP contribution >= 0.6 is 0 Å². The molecule has 1 saturated heterocycles. The number of aromatic nitrogens is 1. The lowest BCUT2D eigenvalue weighted by Gasteiger charge is -2.44. The molecular formula is C10H11FN2O. The van der Waals surface area contributed by atoms with Crippen molar-refractivity contribution >= 4 is 0 Å². The topological polar surface area (TPSA) is 25.4 Å². The summed E-state index contributed by atoms with van der Waals surface area (Å²) in [6, 6.07) is 3.16. The number of fused-ring (bicyclic) bond motifs is 1. The Hall–Kier alpha value is -1.16. The maximum atomic E-state index is 12.8. The molecule has 14 heavy (non-hydrogen) atoms. The molecule has 0 N–H and O–H groups in total. The average Bonchev–Trinajstić information content (AvgIpc) is 2.41. The number of pyridine rings is 1. The molecule has 2 aliphatic heterocycles. The molecule has 1 aromatic rings. The molecule has 0 radical (unpaired) electrons. The minimum absolute atomic E-state index is 0.113. The van der Waals surface area contributed by atoms with E-state index in [1.165, 1.54) is 6.07 Å². The van der Waals surface area contributed by atoms with Crippen LogP contribution in [-0.4, -0.2) is 35.6 Å². The third-order valence-corrected chi connectivity index (χ3v) is 2.85. The number of halogens is 1. The van der Waals surface area contributed by atoms with Crippen LogP contribution in [0.2, 0.25) is 0 Å². The number of nitrogens with zero attached hydrogens (tertiary/aromatic N) is 2. The third kappa shape index (κ3) is 1.04. The van der Waals surface area contributed by atoms with Crippen LogP contribution in [-0.2, 0) is 6.42 Å². The largest absolute Gasteiger partial charge is 0.468 e. The van der Waals surface area contributed by atoms with Crippen molar-refractivity contribution in [2.24, 2.45) is 0 Å². The van der Waals surface area contributed by atoms with Gasteiger partial charge < -0.3 is 4.74 Å². The average molecular weight is 194 g/mol. The van der Waals surface area contributed by atoms with Gasteiger partial charge in [0.2, 0.25) is 11.8 Å². The van der Waals surface area contributed by atoms with Gasteiger partial charge >= 0.3 is 0 Å².